The fourth-order valence-corrected chi connectivity index (χ4v) is 3.29. The monoisotopic (exact) mass is 329 g/mol. The summed E-state index contributed by atoms with van der Waals surface area (Å²) < 4.78 is 30.0. The summed E-state index contributed by atoms with van der Waals surface area (Å²) in [4.78, 5) is 13.1. The quantitative estimate of drug-likeness (QED) is 0.844. The molecule has 7 nitrogen and oxygen atoms in total. The van der Waals surface area contributed by atoms with E-state index in [0.29, 0.717) is 11.6 Å². The van der Waals surface area contributed by atoms with E-state index in [4.69, 9.17) is 4.74 Å². The second-order valence-electron chi connectivity index (χ2n) is 6.04. The average Bonchev–Trinajstić information content (AvgIpc) is 2.80. The Morgan fingerprint density at radius 3 is 2.55 bits per heavy atom. The van der Waals surface area contributed by atoms with E-state index in [2.05, 4.69) is 5.10 Å². The van der Waals surface area contributed by atoms with Gasteiger partial charge in [0.25, 0.3) is 0 Å². The molecule has 1 amide bonds. The third-order valence-corrected chi connectivity index (χ3v) is 4.46. The van der Waals surface area contributed by atoms with Gasteiger partial charge in [-0.15, -0.1) is 0 Å². The Bertz CT molecular complexity index is 631. The normalized spacial score (nSPS) is 16.5. The van der Waals surface area contributed by atoms with Gasteiger partial charge in [0.05, 0.1) is 17.5 Å². The minimum absolute atomic E-state index is 0.154. The van der Waals surface area contributed by atoms with Crippen molar-refractivity contribution in [3.63, 3.8) is 0 Å². The Balaban J connectivity index is 2.28. The van der Waals surface area contributed by atoms with Crippen LogP contribution in [0.4, 0.5) is 4.79 Å². The van der Waals surface area contributed by atoms with Crippen LogP contribution < -0.4 is 4.74 Å². The van der Waals surface area contributed by atoms with Crippen molar-refractivity contribution >= 4 is 15.9 Å². The summed E-state index contributed by atoms with van der Waals surface area (Å²) in [5, 5.41) is 4.37. The zero-order chi connectivity index (χ0) is 16.3. The zero-order valence-electron chi connectivity index (χ0n) is 13.3. The highest BCUT2D eigenvalue weighted by Gasteiger charge is 2.23. The van der Waals surface area contributed by atoms with E-state index in [1.165, 1.54) is 11.3 Å². The van der Waals surface area contributed by atoms with E-state index in [1.54, 1.807) is 24.8 Å². The molecule has 1 aliphatic rings. The van der Waals surface area contributed by atoms with Crippen LogP contribution in [0.5, 0.6) is 5.88 Å². The third-order valence-electron chi connectivity index (χ3n) is 3.64. The molecule has 0 aromatic carbocycles. The molecule has 22 heavy (non-hydrogen) atoms. The van der Waals surface area contributed by atoms with Crippen molar-refractivity contribution in [3.8, 4) is 5.88 Å². The summed E-state index contributed by atoms with van der Waals surface area (Å²) in [7, 11) is 0.0137. The number of carbonyl (C=O) groups excluding carboxylic acids is 1. The van der Waals surface area contributed by atoms with Gasteiger partial charge in [-0.1, -0.05) is 19.3 Å². The van der Waals surface area contributed by atoms with Crippen LogP contribution in [0.3, 0.4) is 0 Å². The van der Waals surface area contributed by atoms with E-state index < -0.39 is 15.9 Å². The first-order chi connectivity index (χ1) is 10.3. The Labute approximate surface area is 131 Å². The molecule has 1 aromatic rings. The molecular formula is C14H23N3O4S. The topological polar surface area (TPSA) is 81.5 Å². The molecular weight excluding hydrogens is 306 g/mol. The molecule has 0 bridgehead atoms. The number of sulfone groups is 1. The van der Waals surface area contributed by atoms with Crippen LogP contribution in [-0.2, 0) is 15.6 Å². The first-order valence-electron chi connectivity index (χ1n) is 7.41. The largest absolute Gasteiger partial charge is 0.416 e. The Kier molecular flexibility index (Phi) is 5.10. The van der Waals surface area contributed by atoms with Gasteiger partial charge < -0.3 is 9.64 Å². The molecule has 0 radical (unpaired) electrons. The highest BCUT2D eigenvalue weighted by molar-refractivity contribution is 7.89. The molecule has 1 saturated carbocycles. The standard InChI is InChI=1S/C14H23N3O4S/c1-16(2)14(18)21-13-9-11(10-22(3,19)20)15-17(13)12-7-5-4-6-8-12/h9,12H,4-8,10H2,1-3H3. The van der Waals surface area contributed by atoms with Crippen molar-refractivity contribution in [3.05, 3.63) is 11.8 Å². The van der Waals surface area contributed by atoms with Crippen LogP contribution in [0, 0.1) is 0 Å². The van der Waals surface area contributed by atoms with Crippen molar-refractivity contribution in [1.29, 1.82) is 0 Å². The molecule has 1 heterocycles. The highest BCUT2D eigenvalue weighted by atomic mass is 32.2. The molecule has 1 fully saturated rings. The van der Waals surface area contributed by atoms with Gasteiger partial charge in [0.15, 0.2) is 9.84 Å². The smallest absolute Gasteiger partial charge is 0.391 e. The minimum Gasteiger partial charge on any atom is -0.391 e. The summed E-state index contributed by atoms with van der Waals surface area (Å²) in [6.45, 7) is 0. The van der Waals surface area contributed by atoms with Crippen molar-refractivity contribution < 1.29 is 17.9 Å². The predicted molar refractivity (Wildman–Crippen MR) is 82.6 cm³/mol. The lowest BCUT2D eigenvalue weighted by Gasteiger charge is -2.23. The van der Waals surface area contributed by atoms with Crippen molar-refractivity contribution in [2.24, 2.45) is 0 Å². The number of ether oxygens (including phenoxy) is 1. The lowest BCUT2D eigenvalue weighted by atomic mass is 9.96. The summed E-state index contributed by atoms with van der Waals surface area (Å²) >= 11 is 0. The number of hydrogen-bond acceptors (Lipinski definition) is 5. The minimum atomic E-state index is -3.18. The number of amides is 1. The average molecular weight is 329 g/mol. The van der Waals surface area contributed by atoms with Gasteiger partial charge in [-0.3, -0.25) is 0 Å². The molecule has 0 N–H and O–H groups in total. The molecule has 0 unspecified atom stereocenters. The Hall–Kier alpha value is -1.57. The van der Waals surface area contributed by atoms with Crippen LogP contribution in [0.25, 0.3) is 0 Å². The Morgan fingerprint density at radius 1 is 1.36 bits per heavy atom. The van der Waals surface area contributed by atoms with E-state index in [-0.39, 0.29) is 11.8 Å². The van der Waals surface area contributed by atoms with Crippen LogP contribution in [0.1, 0.15) is 43.8 Å². The third kappa shape index (κ3) is 4.46. The fourth-order valence-electron chi connectivity index (χ4n) is 2.61. The molecule has 124 valence electrons. The number of rotatable bonds is 4. The number of carbonyl (C=O) groups is 1. The number of hydrogen-bond donors (Lipinski definition) is 0. The summed E-state index contributed by atoms with van der Waals surface area (Å²) in [5.74, 6) is 0.170. The molecule has 1 aliphatic carbocycles. The lowest BCUT2D eigenvalue weighted by Crippen LogP contribution is -2.27. The van der Waals surface area contributed by atoms with E-state index in [9.17, 15) is 13.2 Å². The molecule has 0 saturated heterocycles. The van der Waals surface area contributed by atoms with Crippen molar-refractivity contribution in [1.82, 2.24) is 14.7 Å². The lowest BCUT2D eigenvalue weighted by molar-refractivity contribution is 0.164. The van der Waals surface area contributed by atoms with E-state index >= 15 is 0 Å². The highest BCUT2D eigenvalue weighted by Crippen LogP contribution is 2.32. The summed E-state index contributed by atoms with van der Waals surface area (Å²) in [5.41, 5.74) is 0.412. The predicted octanol–water partition coefficient (Wildman–Crippen LogP) is 1.99. The molecule has 1 aromatic heterocycles. The molecule has 2 rings (SSSR count). The summed E-state index contributed by atoms with van der Waals surface area (Å²) in [6.07, 6.45) is 6.00. The first-order valence-corrected chi connectivity index (χ1v) is 9.47. The maximum atomic E-state index is 11.8. The summed E-state index contributed by atoms with van der Waals surface area (Å²) in [6, 6.07) is 1.71. The fraction of sp³-hybridized carbons (Fsp3) is 0.714. The van der Waals surface area contributed by atoms with Gasteiger partial charge in [-0.05, 0) is 12.8 Å². The van der Waals surface area contributed by atoms with Gasteiger partial charge in [-0.2, -0.15) is 5.10 Å². The van der Waals surface area contributed by atoms with Gasteiger partial charge >= 0.3 is 6.09 Å². The van der Waals surface area contributed by atoms with Gasteiger partial charge in [-0.25, -0.2) is 17.9 Å². The molecule has 0 spiro atoms. The molecule has 8 heteroatoms. The van der Waals surface area contributed by atoms with Crippen LogP contribution in [-0.4, -0.2) is 49.5 Å². The maximum Gasteiger partial charge on any atom is 0.416 e. The van der Waals surface area contributed by atoms with Crippen molar-refractivity contribution in [2.45, 2.75) is 43.9 Å². The molecule has 0 aliphatic heterocycles. The zero-order valence-corrected chi connectivity index (χ0v) is 14.1. The van der Waals surface area contributed by atoms with E-state index in [1.807, 2.05) is 0 Å². The number of aromatic nitrogens is 2. The van der Waals surface area contributed by atoms with E-state index in [0.717, 1.165) is 31.9 Å². The second-order valence-corrected chi connectivity index (χ2v) is 8.18. The van der Waals surface area contributed by atoms with Crippen LogP contribution >= 0.6 is 0 Å². The first kappa shape index (κ1) is 16.8. The molecule has 0 atom stereocenters. The van der Waals surface area contributed by atoms with Crippen LogP contribution in [0.15, 0.2) is 6.07 Å². The van der Waals surface area contributed by atoms with Crippen molar-refractivity contribution in [2.75, 3.05) is 20.4 Å². The second kappa shape index (κ2) is 6.68. The maximum absolute atomic E-state index is 11.8. The van der Waals surface area contributed by atoms with Gasteiger partial charge in [0, 0.05) is 26.4 Å². The van der Waals surface area contributed by atoms with Gasteiger partial charge in [0.1, 0.15) is 0 Å². The SMILES string of the molecule is CN(C)C(=O)Oc1cc(CS(C)(=O)=O)nn1C1CCCCC1. The van der Waals surface area contributed by atoms with Crippen LogP contribution in [0.2, 0.25) is 0 Å². The number of nitrogens with zero attached hydrogens (tertiary/aromatic N) is 3. The Morgan fingerprint density at radius 2 is 2.00 bits per heavy atom. The van der Waals surface area contributed by atoms with Gasteiger partial charge in [0.2, 0.25) is 5.88 Å².